The van der Waals surface area contributed by atoms with Crippen LogP contribution in [0.3, 0.4) is 0 Å². The second kappa shape index (κ2) is 6.71. The van der Waals surface area contributed by atoms with Crippen molar-refractivity contribution >= 4 is 23.5 Å². The first-order valence-electron chi connectivity index (χ1n) is 8.06. The number of ketones is 2. The minimum Gasteiger partial charge on any atom is -0.443 e. The number of amides is 1. The van der Waals surface area contributed by atoms with Crippen LogP contribution in [-0.4, -0.2) is 34.8 Å². The molecule has 2 rings (SSSR count). The third kappa shape index (κ3) is 3.99. The Bertz CT molecular complexity index is 649. The smallest absolute Gasteiger partial charge is 0.416 e. The Morgan fingerprint density at radius 2 is 1.92 bits per heavy atom. The zero-order valence-corrected chi connectivity index (χ0v) is 14.8. The third-order valence-electron chi connectivity index (χ3n) is 4.03. The number of hydrogen-bond donors (Lipinski definition) is 0. The molecule has 0 spiro atoms. The van der Waals surface area contributed by atoms with Gasteiger partial charge in [-0.25, -0.2) is 9.78 Å². The zero-order valence-electron chi connectivity index (χ0n) is 14.8. The van der Waals surface area contributed by atoms with Gasteiger partial charge in [0.05, 0.1) is 5.92 Å². The van der Waals surface area contributed by atoms with Crippen molar-refractivity contribution in [3.63, 3.8) is 0 Å². The molecule has 1 atom stereocenters. The molecule has 6 heteroatoms. The molecule has 1 amide bonds. The lowest BCUT2D eigenvalue weighted by Gasteiger charge is -2.24. The lowest BCUT2D eigenvalue weighted by molar-refractivity contribution is -0.130. The first-order chi connectivity index (χ1) is 11.1. The summed E-state index contributed by atoms with van der Waals surface area (Å²) in [6.45, 7) is 8.63. The molecule has 0 aromatic carbocycles. The molecule has 0 radical (unpaired) electrons. The van der Waals surface area contributed by atoms with Crippen molar-refractivity contribution in [2.75, 3.05) is 11.4 Å². The molecule has 0 bridgehead atoms. The van der Waals surface area contributed by atoms with Gasteiger partial charge in [-0.3, -0.25) is 14.5 Å². The molecule has 6 nitrogen and oxygen atoms in total. The van der Waals surface area contributed by atoms with E-state index in [1.165, 1.54) is 18.7 Å². The minimum absolute atomic E-state index is 0.112. The standard InChI is InChI=1S/C18H24N2O4/c1-11(21)15(12(2)22)9-13-10-20(17(23)24-18(3,4)5)16-14(13)7-6-8-19-16/h6-8,13,15H,9-10H2,1-5H3. The average molecular weight is 332 g/mol. The van der Waals surface area contributed by atoms with E-state index in [-0.39, 0.29) is 17.5 Å². The molecular weight excluding hydrogens is 308 g/mol. The maximum absolute atomic E-state index is 12.5. The molecule has 1 aromatic heterocycles. The predicted molar refractivity (Wildman–Crippen MR) is 90.0 cm³/mol. The van der Waals surface area contributed by atoms with Crippen molar-refractivity contribution in [2.45, 2.75) is 52.6 Å². The van der Waals surface area contributed by atoms with E-state index < -0.39 is 17.6 Å². The van der Waals surface area contributed by atoms with E-state index >= 15 is 0 Å². The first-order valence-corrected chi connectivity index (χ1v) is 8.06. The lowest BCUT2D eigenvalue weighted by atomic mass is 9.86. The van der Waals surface area contributed by atoms with Gasteiger partial charge in [0.2, 0.25) is 0 Å². The van der Waals surface area contributed by atoms with Crippen LogP contribution in [0, 0.1) is 5.92 Å². The number of anilines is 1. The fourth-order valence-electron chi connectivity index (χ4n) is 2.94. The van der Waals surface area contributed by atoms with E-state index in [1.807, 2.05) is 6.07 Å². The highest BCUT2D eigenvalue weighted by Crippen LogP contribution is 2.39. The normalized spacial score (nSPS) is 16.9. The summed E-state index contributed by atoms with van der Waals surface area (Å²) in [5, 5.41) is 0. The van der Waals surface area contributed by atoms with E-state index in [0.717, 1.165) is 5.56 Å². The van der Waals surface area contributed by atoms with Gasteiger partial charge in [-0.1, -0.05) is 6.07 Å². The highest BCUT2D eigenvalue weighted by molar-refractivity contribution is 6.00. The Morgan fingerprint density at radius 3 is 2.46 bits per heavy atom. The van der Waals surface area contributed by atoms with Gasteiger partial charge in [0.1, 0.15) is 23.0 Å². The fourth-order valence-corrected chi connectivity index (χ4v) is 2.94. The number of fused-ring (bicyclic) bond motifs is 1. The van der Waals surface area contributed by atoms with E-state index in [4.69, 9.17) is 4.74 Å². The largest absolute Gasteiger partial charge is 0.443 e. The van der Waals surface area contributed by atoms with Gasteiger partial charge in [-0.15, -0.1) is 0 Å². The molecule has 24 heavy (non-hydrogen) atoms. The van der Waals surface area contributed by atoms with Crippen molar-refractivity contribution in [3.05, 3.63) is 23.9 Å². The van der Waals surface area contributed by atoms with E-state index in [1.54, 1.807) is 33.0 Å². The predicted octanol–water partition coefficient (Wildman–Crippen LogP) is 3.10. The third-order valence-corrected chi connectivity index (χ3v) is 4.03. The van der Waals surface area contributed by atoms with Crippen LogP contribution in [-0.2, 0) is 14.3 Å². The number of pyridine rings is 1. The highest BCUT2D eigenvalue weighted by Gasteiger charge is 2.38. The van der Waals surface area contributed by atoms with Gasteiger partial charge in [0.15, 0.2) is 0 Å². The van der Waals surface area contributed by atoms with Crippen LogP contribution in [0.25, 0.3) is 0 Å². The Kier molecular flexibility index (Phi) is 5.06. The van der Waals surface area contributed by atoms with Crippen LogP contribution in [0.4, 0.5) is 10.6 Å². The van der Waals surface area contributed by atoms with E-state index in [9.17, 15) is 14.4 Å². The summed E-state index contributed by atoms with van der Waals surface area (Å²) in [6, 6.07) is 3.68. The summed E-state index contributed by atoms with van der Waals surface area (Å²) >= 11 is 0. The van der Waals surface area contributed by atoms with Gasteiger partial charge in [-0.2, -0.15) is 0 Å². The lowest BCUT2D eigenvalue weighted by Crippen LogP contribution is -2.37. The maximum atomic E-state index is 12.5. The van der Waals surface area contributed by atoms with Gasteiger partial charge in [0, 0.05) is 24.2 Å². The molecule has 1 aliphatic rings. The van der Waals surface area contributed by atoms with Crippen LogP contribution < -0.4 is 4.90 Å². The number of nitrogens with zero attached hydrogens (tertiary/aromatic N) is 2. The van der Waals surface area contributed by atoms with Crippen molar-refractivity contribution in [2.24, 2.45) is 5.92 Å². The Hall–Kier alpha value is -2.24. The minimum atomic E-state index is -0.651. The quantitative estimate of drug-likeness (QED) is 0.792. The summed E-state index contributed by atoms with van der Waals surface area (Å²) < 4.78 is 5.44. The number of hydrogen-bond acceptors (Lipinski definition) is 5. The topological polar surface area (TPSA) is 76.6 Å². The number of rotatable bonds is 4. The summed E-state index contributed by atoms with van der Waals surface area (Å²) in [5.41, 5.74) is 0.265. The van der Waals surface area contributed by atoms with Gasteiger partial charge < -0.3 is 4.74 Å². The Labute approximate surface area is 142 Å². The second-order valence-electron chi connectivity index (χ2n) is 7.21. The second-order valence-corrected chi connectivity index (χ2v) is 7.21. The highest BCUT2D eigenvalue weighted by atomic mass is 16.6. The van der Waals surface area contributed by atoms with Crippen LogP contribution in [0.2, 0.25) is 0 Å². The van der Waals surface area contributed by atoms with Crippen molar-refractivity contribution in [1.29, 1.82) is 0 Å². The summed E-state index contributed by atoms with van der Waals surface area (Å²) in [4.78, 5) is 41.7. The van der Waals surface area contributed by atoms with Crippen molar-refractivity contribution < 1.29 is 19.1 Å². The monoisotopic (exact) mass is 332 g/mol. The molecule has 0 fully saturated rings. The molecule has 1 aromatic rings. The fraction of sp³-hybridized carbons (Fsp3) is 0.556. The Morgan fingerprint density at radius 1 is 1.29 bits per heavy atom. The SMILES string of the molecule is CC(=O)C(CC1CN(C(=O)OC(C)(C)C)c2ncccc21)C(C)=O. The van der Waals surface area contributed by atoms with Crippen LogP contribution in [0.5, 0.6) is 0 Å². The summed E-state index contributed by atoms with van der Waals surface area (Å²) in [7, 11) is 0. The molecule has 0 aliphatic carbocycles. The number of ether oxygens (including phenoxy) is 1. The molecule has 1 aliphatic heterocycles. The van der Waals surface area contributed by atoms with E-state index in [2.05, 4.69) is 4.98 Å². The number of Topliss-reactive ketones (excluding diaryl/α,β-unsaturated/α-hetero) is 2. The molecule has 2 heterocycles. The number of carbonyl (C=O) groups excluding carboxylic acids is 3. The van der Waals surface area contributed by atoms with Crippen molar-refractivity contribution in [1.82, 2.24) is 4.98 Å². The molecule has 0 saturated carbocycles. The molecule has 0 saturated heterocycles. The summed E-state index contributed by atoms with van der Waals surface area (Å²) in [6.07, 6.45) is 1.53. The maximum Gasteiger partial charge on any atom is 0.416 e. The zero-order chi connectivity index (χ0) is 18.1. The van der Waals surface area contributed by atoms with Gasteiger partial charge in [-0.05, 0) is 47.1 Å². The molecule has 1 unspecified atom stereocenters. The number of aromatic nitrogens is 1. The molecular formula is C18H24N2O4. The molecule has 130 valence electrons. The van der Waals surface area contributed by atoms with E-state index in [0.29, 0.717) is 18.8 Å². The average Bonchev–Trinajstić information content (AvgIpc) is 2.81. The first kappa shape index (κ1) is 18.1. The van der Waals surface area contributed by atoms with Gasteiger partial charge >= 0.3 is 6.09 Å². The van der Waals surface area contributed by atoms with Crippen LogP contribution in [0.15, 0.2) is 18.3 Å². The molecule has 0 N–H and O–H groups in total. The number of carbonyl (C=O) groups is 3. The van der Waals surface area contributed by atoms with Crippen LogP contribution in [0.1, 0.15) is 52.5 Å². The van der Waals surface area contributed by atoms with Gasteiger partial charge in [0.25, 0.3) is 0 Å². The van der Waals surface area contributed by atoms with Crippen molar-refractivity contribution in [3.8, 4) is 0 Å². The Balaban J connectivity index is 2.26. The summed E-state index contributed by atoms with van der Waals surface area (Å²) in [5.74, 6) is -0.518. The van der Waals surface area contributed by atoms with Crippen LogP contribution >= 0.6 is 0 Å².